The molecule has 0 saturated carbocycles. The molecule has 2 aromatic heterocycles. The number of carbonyl (C=O) groups is 2. The first-order valence-electron chi connectivity index (χ1n) is 11.6. The monoisotopic (exact) mass is 498 g/mol. The molecule has 9 heteroatoms. The van der Waals surface area contributed by atoms with Gasteiger partial charge in [0.25, 0.3) is 0 Å². The van der Waals surface area contributed by atoms with Crippen LogP contribution in [0.5, 0.6) is 0 Å². The van der Waals surface area contributed by atoms with Crippen LogP contribution in [0.3, 0.4) is 0 Å². The first-order valence-corrected chi connectivity index (χ1v) is 12.5. The Bertz CT molecular complexity index is 1400. The van der Waals surface area contributed by atoms with Gasteiger partial charge in [-0.3, -0.25) is 24.0 Å². The van der Waals surface area contributed by atoms with Gasteiger partial charge in [-0.2, -0.15) is 0 Å². The van der Waals surface area contributed by atoms with Gasteiger partial charge in [0.05, 0.1) is 23.2 Å². The first kappa shape index (κ1) is 23.7. The number of carbonyl (C=O) groups excluding carboxylic acids is 2. The molecule has 0 saturated heterocycles. The maximum absolute atomic E-state index is 13.8. The molecule has 1 aliphatic rings. The normalized spacial score (nSPS) is 15.2. The number of hydrogen-bond acceptors (Lipinski definition) is 6. The summed E-state index contributed by atoms with van der Waals surface area (Å²) in [6.45, 7) is 5.89. The molecule has 0 bridgehead atoms. The summed E-state index contributed by atoms with van der Waals surface area (Å²) in [5, 5.41) is 11.9. The quantitative estimate of drug-likeness (QED) is 0.390. The minimum Gasteiger partial charge on any atom is -0.322 e. The lowest BCUT2D eigenvalue weighted by Gasteiger charge is -2.43. The van der Waals surface area contributed by atoms with Crippen molar-refractivity contribution in [2.75, 3.05) is 10.2 Å². The average molecular weight is 499 g/mol. The highest BCUT2D eigenvalue weighted by atomic mass is 32.2. The van der Waals surface area contributed by atoms with E-state index in [0.717, 1.165) is 11.1 Å². The molecule has 2 amide bonds. The van der Waals surface area contributed by atoms with Crippen LogP contribution < -0.4 is 10.2 Å². The molecule has 2 aromatic carbocycles. The number of thioether (sulfide) groups is 1. The number of benzene rings is 2. The van der Waals surface area contributed by atoms with Gasteiger partial charge >= 0.3 is 0 Å². The molecule has 4 aromatic rings. The highest BCUT2D eigenvalue weighted by Gasteiger charge is 2.45. The van der Waals surface area contributed by atoms with Gasteiger partial charge in [0, 0.05) is 18.0 Å². The molecule has 1 N–H and O–H groups in total. The minimum atomic E-state index is -1.04. The second-order valence-corrected chi connectivity index (χ2v) is 10.4. The fourth-order valence-corrected chi connectivity index (χ4v) is 5.12. The fourth-order valence-electron chi connectivity index (χ4n) is 4.23. The number of fused-ring (bicyclic) bond motifs is 1. The zero-order valence-electron chi connectivity index (χ0n) is 20.3. The number of para-hydroxylation sites is 2. The molecule has 36 heavy (non-hydrogen) atoms. The van der Waals surface area contributed by atoms with Crippen LogP contribution in [-0.2, 0) is 16.1 Å². The Morgan fingerprint density at radius 3 is 2.53 bits per heavy atom. The molecular formula is C27H26N6O2S. The maximum atomic E-state index is 13.8. The topological polar surface area (TPSA) is 93.0 Å². The molecule has 0 spiro atoms. The van der Waals surface area contributed by atoms with E-state index in [4.69, 9.17) is 0 Å². The number of nitrogens with zero attached hydrogens (tertiary/aromatic N) is 5. The molecule has 1 atom stereocenters. The van der Waals surface area contributed by atoms with E-state index in [1.807, 2.05) is 72.2 Å². The van der Waals surface area contributed by atoms with E-state index in [9.17, 15) is 9.59 Å². The van der Waals surface area contributed by atoms with Crippen LogP contribution in [0.15, 0.2) is 84.3 Å². The lowest BCUT2D eigenvalue weighted by atomic mass is 9.96. The van der Waals surface area contributed by atoms with Gasteiger partial charge in [0.2, 0.25) is 11.8 Å². The summed E-state index contributed by atoms with van der Waals surface area (Å²) < 4.78 is 2.00. The Balaban J connectivity index is 1.48. The summed E-state index contributed by atoms with van der Waals surface area (Å²) in [6.07, 6.45) is 3.46. The first-order chi connectivity index (χ1) is 17.4. The van der Waals surface area contributed by atoms with Crippen molar-refractivity contribution in [3.63, 3.8) is 0 Å². The lowest BCUT2D eigenvalue weighted by molar-refractivity contribution is -0.126. The zero-order chi connectivity index (χ0) is 25.3. The summed E-state index contributed by atoms with van der Waals surface area (Å²) in [7, 11) is 0. The van der Waals surface area contributed by atoms with Gasteiger partial charge in [-0.05, 0) is 50.6 Å². The number of nitrogens with one attached hydrogen (secondary N) is 1. The largest absolute Gasteiger partial charge is 0.322 e. The number of hydrogen-bond donors (Lipinski definition) is 1. The predicted molar refractivity (Wildman–Crippen MR) is 141 cm³/mol. The van der Waals surface area contributed by atoms with E-state index in [-0.39, 0.29) is 11.8 Å². The summed E-state index contributed by atoms with van der Waals surface area (Å²) in [5.41, 5.74) is 2.19. The van der Waals surface area contributed by atoms with Crippen molar-refractivity contribution in [2.24, 2.45) is 0 Å². The van der Waals surface area contributed by atoms with E-state index >= 15 is 0 Å². The molecule has 3 heterocycles. The number of rotatable bonds is 6. The van der Waals surface area contributed by atoms with Crippen molar-refractivity contribution in [1.29, 1.82) is 0 Å². The molecule has 1 aliphatic heterocycles. The van der Waals surface area contributed by atoms with Gasteiger partial charge in [-0.1, -0.05) is 54.2 Å². The molecule has 0 radical (unpaired) electrons. The standard InChI is InChI=1S/C27H26N6O2S/c1-18(24(34)33-22-14-8-7-13-21(22)29-25(35)27(33,2)3)36-26-31-30-23(20-12-9-15-28-16-20)32(26)17-19-10-5-4-6-11-19/h4-16,18H,17H2,1-3H3,(H,29,35). The van der Waals surface area contributed by atoms with Crippen molar-refractivity contribution >= 4 is 35.0 Å². The van der Waals surface area contributed by atoms with E-state index < -0.39 is 10.8 Å². The van der Waals surface area contributed by atoms with Crippen LogP contribution in [-0.4, -0.2) is 42.4 Å². The van der Waals surface area contributed by atoms with Crippen molar-refractivity contribution in [3.05, 3.63) is 84.7 Å². The zero-order valence-corrected chi connectivity index (χ0v) is 21.1. The Kier molecular flexibility index (Phi) is 6.32. The third-order valence-electron chi connectivity index (χ3n) is 6.18. The fraction of sp³-hybridized carbons (Fsp3) is 0.222. The third-order valence-corrected chi connectivity index (χ3v) is 7.25. The van der Waals surface area contributed by atoms with Crippen molar-refractivity contribution < 1.29 is 9.59 Å². The van der Waals surface area contributed by atoms with E-state index in [1.54, 1.807) is 37.2 Å². The van der Waals surface area contributed by atoms with E-state index in [1.165, 1.54) is 11.8 Å². The molecular weight excluding hydrogens is 472 g/mol. The minimum absolute atomic E-state index is 0.176. The molecule has 182 valence electrons. The number of pyridine rings is 1. The molecule has 0 aliphatic carbocycles. The van der Waals surface area contributed by atoms with E-state index in [2.05, 4.69) is 20.5 Å². The smallest absolute Gasteiger partial charge is 0.250 e. The Morgan fingerprint density at radius 2 is 1.78 bits per heavy atom. The molecule has 1 unspecified atom stereocenters. The van der Waals surface area contributed by atoms with Crippen LogP contribution in [0.1, 0.15) is 26.3 Å². The van der Waals surface area contributed by atoms with Crippen molar-refractivity contribution in [1.82, 2.24) is 19.7 Å². The second-order valence-electron chi connectivity index (χ2n) is 9.08. The van der Waals surface area contributed by atoms with Crippen LogP contribution >= 0.6 is 11.8 Å². The van der Waals surface area contributed by atoms with Crippen molar-refractivity contribution in [3.8, 4) is 11.4 Å². The van der Waals surface area contributed by atoms with Crippen LogP contribution in [0.2, 0.25) is 0 Å². The third kappa shape index (κ3) is 4.37. The predicted octanol–water partition coefficient (Wildman–Crippen LogP) is 4.63. The molecule has 8 nitrogen and oxygen atoms in total. The Morgan fingerprint density at radius 1 is 1.03 bits per heavy atom. The molecule has 5 rings (SSSR count). The van der Waals surface area contributed by atoms with Crippen molar-refractivity contribution in [2.45, 2.75) is 43.3 Å². The number of aromatic nitrogens is 4. The highest BCUT2D eigenvalue weighted by Crippen LogP contribution is 2.39. The van der Waals surface area contributed by atoms with Gasteiger partial charge in [0.1, 0.15) is 5.54 Å². The van der Waals surface area contributed by atoms with Crippen LogP contribution in [0, 0.1) is 0 Å². The number of amides is 2. The van der Waals surface area contributed by atoms with Gasteiger partial charge < -0.3 is 5.32 Å². The molecule has 0 fully saturated rings. The maximum Gasteiger partial charge on any atom is 0.250 e. The summed E-state index contributed by atoms with van der Waals surface area (Å²) in [4.78, 5) is 32.5. The summed E-state index contributed by atoms with van der Waals surface area (Å²) >= 11 is 1.33. The highest BCUT2D eigenvalue weighted by molar-refractivity contribution is 8.00. The van der Waals surface area contributed by atoms with Gasteiger partial charge in [0.15, 0.2) is 11.0 Å². The van der Waals surface area contributed by atoms with E-state index in [0.29, 0.717) is 28.9 Å². The van der Waals surface area contributed by atoms with Crippen LogP contribution in [0.4, 0.5) is 11.4 Å². The van der Waals surface area contributed by atoms with Gasteiger partial charge in [-0.25, -0.2) is 0 Å². The van der Waals surface area contributed by atoms with Crippen LogP contribution in [0.25, 0.3) is 11.4 Å². The summed E-state index contributed by atoms with van der Waals surface area (Å²) in [5.74, 6) is 0.277. The summed E-state index contributed by atoms with van der Waals surface area (Å²) in [6, 6.07) is 21.2. The SMILES string of the molecule is CC(Sc1nnc(-c2cccnc2)n1Cc1ccccc1)C(=O)N1c2ccccc2NC(=O)C1(C)C. The lowest BCUT2D eigenvalue weighted by Crippen LogP contribution is -2.60. The Hall–Kier alpha value is -3.98. The second kappa shape index (κ2) is 9.58. The van der Waals surface area contributed by atoms with Gasteiger partial charge in [-0.15, -0.1) is 10.2 Å². The number of anilines is 2. The average Bonchev–Trinajstić information content (AvgIpc) is 3.27. The Labute approximate surface area is 213 Å².